The van der Waals surface area contributed by atoms with Crippen molar-refractivity contribution in [2.45, 2.75) is 44.9 Å². The molecule has 29 heavy (non-hydrogen) atoms. The van der Waals surface area contributed by atoms with E-state index in [9.17, 15) is 14.4 Å². The highest BCUT2D eigenvalue weighted by atomic mass is 32.2. The summed E-state index contributed by atoms with van der Waals surface area (Å²) in [6.45, 7) is 5.19. The minimum atomic E-state index is -1.05. The third-order valence-electron chi connectivity index (χ3n) is 4.17. The second kappa shape index (κ2) is 10.6. The fourth-order valence-corrected chi connectivity index (χ4v) is 3.04. The fraction of sp³-hybridized carbons (Fsp3) is 0.350. The van der Waals surface area contributed by atoms with Gasteiger partial charge in [0.25, 0.3) is 11.8 Å². The number of esters is 1. The molecule has 0 bridgehead atoms. The maximum Gasteiger partial charge on any atom is 0.306 e. The molecule has 0 radical (unpaired) electrons. The van der Waals surface area contributed by atoms with E-state index in [1.165, 1.54) is 18.7 Å². The molecular formula is C20H24N4O4S. The average Bonchev–Trinajstić information content (AvgIpc) is 2.71. The van der Waals surface area contributed by atoms with Crippen LogP contribution >= 0.6 is 11.8 Å². The first kappa shape index (κ1) is 22.4. The van der Waals surface area contributed by atoms with E-state index in [2.05, 4.69) is 20.8 Å². The van der Waals surface area contributed by atoms with E-state index in [0.29, 0.717) is 17.1 Å². The number of hydrogen-bond donors (Lipinski definition) is 2. The van der Waals surface area contributed by atoms with Crippen LogP contribution in [0.5, 0.6) is 0 Å². The minimum Gasteiger partial charge on any atom is -0.452 e. The molecule has 0 aliphatic carbocycles. The van der Waals surface area contributed by atoms with Gasteiger partial charge in [0.15, 0.2) is 11.3 Å². The van der Waals surface area contributed by atoms with Gasteiger partial charge in [-0.2, -0.15) is 0 Å². The maximum atomic E-state index is 12.1. The average molecular weight is 417 g/mol. The van der Waals surface area contributed by atoms with E-state index < -0.39 is 23.9 Å². The molecule has 2 aromatic rings. The Labute approximate surface area is 173 Å². The molecule has 2 amide bonds. The Bertz CT molecular complexity index is 866. The lowest BCUT2D eigenvalue weighted by Crippen LogP contribution is -2.46. The Morgan fingerprint density at radius 3 is 2.28 bits per heavy atom. The van der Waals surface area contributed by atoms with Gasteiger partial charge in [0.2, 0.25) is 0 Å². The van der Waals surface area contributed by atoms with Gasteiger partial charge >= 0.3 is 5.97 Å². The molecule has 0 fully saturated rings. The normalized spacial score (nSPS) is 11.4. The molecule has 9 heteroatoms. The molecular weight excluding hydrogens is 392 g/mol. The first-order valence-electron chi connectivity index (χ1n) is 9.04. The molecule has 1 atom stereocenters. The summed E-state index contributed by atoms with van der Waals surface area (Å²) in [4.78, 5) is 44.8. The smallest absolute Gasteiger partial charge is 0.306 e. The molecule has 0 aliphatic rings. The highest BCUT2D eigenvalue weighted by molar-refractivity contribution is 7.98. The van der Waals surface area contributed by atoms with Crippen LogP contribution in [0.3, 0.4) is 0 Å². The molecule has 1 heterocycles. The van der Waals surface area contributed by atoms with Crippen molar-refractivity contribution in [2.75, 3.05) is 6.26 Å². The number of amides is 2. The lowest BCUT2D eigenvalue weighted by Gasteiger charge is -2.14. The lowest BCUT2D eigenvalue weighted by atomic mass is 10.1. The van der Waals surface area contributed by atoms with Crippen molar-refractivity contribution in [2.24, 2.45) is 0 Å². The maximum absolute atomic E-state index is 12.1. The van der Waals surface area contributed by atoms with Crippen molar-refractivity contribution in [3.05, 3.63) is 52.8 Å². The van der Waals surface area contributed by atoms with Crippen LogP contribution in [0.25, 0.3) is 0 Å². The number of rotatable bonds is 7. The summed E-state index contributed by atoms with van der Waals surface area (Å²) in [5.41, 5.74) is 7.48. The molecule has 0 saturated heterocycles. The minimum absolute atomic E-state index is 0.0949. The van der Waals surface area contributed by atoms with Crippen molar-refractivity contribution >= 4 is 29.5 Å². The van der Waals surface area contributed by atoms with Gasteiger partial charge in [0.05, 0.1) is 0 Å². The van der Waals surface area contributed by atoms with Crippen LogP contribution in [0, 0.1) is 13.8 Å². The monoisotopic (exact) mass is 416 g/mol. The summed E-state index contributed by atoms with van der Waals surface area (Å²) in [5.74, 6) is -1.60. The number of thioether (sulfide) groups is 1. The molecule has 8 nitrogen and oxygen atoms in total. The SMILES string of the molecule is CSc1nc(C)c(CCC(=O)O[C@@H](C)C(=O)NNC(=O)c2ccccc2)c(C)n1. The highest BCUT2D eigenvalue weighted by Gasteiger charge is 2.19. The van der Waals surface area contributed by atoms with Gasteiger partial charge < -0.3 is 4.74 Å². The summed E-state index contributed by atoms with van der Waals surface area (Å²) in [5, 5.41) is 0.689. The largest absolute Gasteiger partial charge is 0.452 e. The molecule has 1 aromatic carbocycles. The first-order chi connectivity index (χ1) is 13.8. The number of hydrogen-bond acceptors (Lipinski definition) is 7. The number of benzene rings is 1. The zero-order valence-electron chi connectivity index (χ0n) is 16.8. The number of nitrogens with zero attached hydrogens (tertiary/aromatic N) is 2. The predicted molar refractivity (Wildman–Crippen MR) is 109 cm³/mol. The summed E-state index contributed by atoms with van der Waals surface area (Å²) in [6.07, 6.45) is 1.37. The van der Waals surface area contributed by atoms with Gasteiger partial charge in [0, 0.05) is 23.4 Å². The number of aryl methyl sites for hydroxylation is 2. The van der Waals surface area contributed by atoms with Crippen molar-refractivity contribution < 1.29 is 19.1 Å². The van der Waals surface area contributed by atoms with E-state index in [1.54, 1.807) is 30.3 Å². The molecule has 0 unspecified atom stereocenters. The number of nitrogens with one attached hydrogen (secondary N) is 2. The Hall–Kier alpha value is -2.94. The summed E-state index contributed by atoms with van der Waals surface area (Å²) >= 11 is 1.46. The topological polar surface area (TPSA) is 110 Å². The van der Waals surface area contributed by atoms with Crippen LogP contribution in [0.4, 0.5) is 0 Å². The molecule has 0 saturated carbocycles. The van der Waals surface area contributed by atoms with Gasteiger partial charge in [-0.25, -0.2) is 9.97 Å². The van der Waals surface area contributed by atoms with Crippen molar-refractivity contribution in [3.63, 3.8) is 0 Å². The zero-order chi connectivity index (χ0) is 21.4. The van der Waals surface area contributed by atoms with E-state index in [-0.39, 0.29) is 6.42 Å². The van der Waals surface area contributed by atoms with E-state index in [4.69, 9.17) is 4.74 Å². The summed E-state index contributed by atoms with van der Waals surface area (Å²) < 4.78 is 5.15. The Morgan fingerprint density at radius 2 is 1.69 bits per heavy atom. The lowest BCUT2D eigenvalue weighted by molar-refractivity contribution is -0.155. The van der Waals surface area contributed by atoms with E-state index >= 15 is 0 Å². The van der Waals surface area contributed by atoms with Crippen LogP contribution in [-0.2, 0) is 20.7 Å². The standard InChI is InChI=1S/C20H24N4O4S/c1-12-16(13(2)22-20(21-12)29-4)10-11-17(25)28-14(3)18(26)23-24-19(27)15-8-6-5-7-9-15/h5-9,14H,10-11H2,1-4H3,(H,23,26)(H,24,27)/t14-/m0/s1. The second-order valence-electron chi connectivity index (χ2n) is 6.30. The van der Waals surface area contributed by atoms with Crippen LogP contribution in [0.2, 0.25) is 0 Å². The Morgan fingerprint density at radius 1 is 1.07 bits per heavy atom. The number of aromatic nitrogens is 2. The molecule has 0 aliphatic heterocycles. The van der Waals surface area contributed by atoms with E-state index in [0.717, 1.165) is 17.0 Å². The molecule has 154 valence electrons. The number of hydrazine groups is 1. The molecule has 1 aromatic heterocycles. The summed E-state index contributed by atoms with van der Waals surface area (Å²) in [6, 6.07) is 8.44. The van der Waals surface area contributed by atoms with Crippen LogP contribution in [0.15, 0.2) is 35.5 Å². The van der Waals surface area contributed by atoms with Crippen molar-refractivity contribution in [1.82, 2.24) is 20.8 Å². The highest BCUT2D eigenvalue weighted by Crippen LogP contribution is 2.17. The third-order valence-corrected chi connectivity index (χ3v) is 4.72. The van der Waals surface area contributed by atoms with Crippen LogP contribution < -0.4 is 10.9 Å². The Kier molecular flexibility index (Phi) is 8.14. The molecule has 2 rings (SSSR count). The zero-order valence-corrected chi connectivity index (χ0v) is 17.6. The third kappa shape index (κ3) is 6.56. The summed E-state index contributed by atoms with van der Waals surface area (Å²) in [7, 11) is 0. The number of ether oxygens (including phenoxy) is 1. The predicted octanol–water partition coefficient (Wildman–Crippen LogP) is 2.14. The van der Waals surface area contributed by atoms with Gasteiger partial charge in [-0.15, -0.1) is 0 Å². The Balaban J connectivity index is 1.81. The van der Waals surface area contributed by atoms with Gasteiger partial charge in [0.1, 0.15) is 0 Å². The number of carbonyl (C=O) groups is 3. The first-order valence-corrected chi connectivity index (χ1v) is 10.3. The van der Waals surface area contributed by atoms with Gasteiger partial charge in [-0.1, -0.05) is 30.0 Å². The van der Waals surface area contributed by atoms with Crippen LogP contribution in [-0.4, -0.2) is 40.1 Å². The fourth-order valence-electron chi connectivity index (χ4n) is 2.58. The molecule has 2 N–H and O–H groups in total. The van der Waals surface area contributed by atoms with Gasteiger partial charge in [-0.3, -0.25) is 25.2 Å². The van der Waals surface area contributed by atoms with E-state index in [1.807, 2.05) is 20.1 Å². The van der Waals surface area contributed by atoms with Crippen molar-refractivity contribution in [3.8, 4) is 0 Å². The molecule has 0 spiro atoms. The second-order valence-corrected chi connectivity index (χ2v) is 7.07. The quantitative estimate of drug-likeness (QED) is 0.308. The van der Waals surface area contributed by atoms with Crippen molar-refractivity contribution in [1.29, 1.82) is 0 Å². The number of carbonyl (C=O) groups excluding carboxylic acids is 3. The van der Waals surface area contributed by atoms with Crippen LogP contribution in [0.1, 0.15) is 40.7 Å². The van der Waals surface area contributed by atoms with Gasteiger partial charge in [-0.05, 0) is 51.1 Å².